The second-order valence-corrected chi connectivity index (χ2v) is 8.54. The van der Waals surface area contributed by atoms with E-state index < -0.39 is 10.8 Å². The van der Waals surface area contributed by atoms with Crippen molar-refractivity contribution in [2.75, 3.05) is 5.75 Å². The van der Waals surface area contributed by atoms with E-state index in [0.29, 0.717) is 5.69 Å². The fraction of sp³-hybridized carbons (Fsp3) is 0.550. The van der Waals surface area contributed by atoms with Crippen LogP contribution >= 0.6 is 0 Å². The van der Waals surface area contributed by atoms with Crippen LogP contribution in [0.3, 0.4) is 0 Å². The smallest absolute Gasteiger partial charge is 0.232 e. The van der Waals surface area contributed by atoms with Gasteiger partial charge in [-0.05, 0) is 31.9 Å². The first-order valence-corrected chi connectivity index (χ1v) is 11.0. The molecule has 0 unspecified atom stereocenters. The lowest BCUT2D eigenvalue weighted by Gasteiger charge is -2.20. The Bertz CT molecular complexity index is 786. The lowest BCUT2D eigenvalue weighted by Crippen LogP contribution is -2.38. The van der Waals surface area contributed by atoms with Crippen LogP contribution in [0.25, 0.3) is 11.0 Å². The van der Waals surface area contributed by atoms with Crippen LogP contribution in [0.4, 0.5) is 0 Å². The number of para-hydroxylation sites is 2. The third kappa shape index (κ3) is 5.34. The molecule has 26 heavy (non-hydrogen) atoms. The number of nitrogens with zero attached hydrogens (tertiary/aromatic N) is 2. The summed E-state index contributed by atoms with van der Waals surface area (Å²) < 4.78 is 12.5. The number of carbonyl (C=O) groups is 1. The normalized spacial score (nSPS) is 17.4. The van der Waals surface area contributed by atoms with Crippen LogP contribution in [0.15, 0.2) is 24.3 Å². The highest BCUT2D eigenvalue weighted by molar-refractivity contribution is 7.84. The van der Waals surface area contributed by atoms with Crippen molar-refractivity contribution in [3.63, 3.8) is 0 Å². The van der Waals surface area contributed by atoms with Gasteiger partial charge >= 0.3 is 0 Å². The minimum absolute atomic E-state index is 0.0322. The van der Waals surface area contributed by atoms with Crippen LogP contribution in [0.1, 0.15) is 56.3 Å². The molecule has 1 heterocycles. The molecule has 1 saturated carbocycles. The third-order valence-electron chi connectivity index (χ3n) is 4.90. The van der Waals surface area contributed by atoms with Crippen molar-refractivity contribution in [1.82, 2.24) is 15.3 Å². The zero-order valence-electron chi connectivity index (χ0n) is 15.4. The van der Waals surface area contributed by atoms with Gasteiger partial charge in [0.05, 0.1) is 28.2 Å². The van der Waals surface area contributed by atoms with Gasteiger partial charge in [0, 0.05) is 16.8 Å². The average molecular weight is 374 g/mol. The van der Waals surface area contributed by atoms with E-state index in [-0.39, 0.29) is 23.5 Å². The van der Waals surface area contributed by atoms with Crippen LogP contribution in [-0.2, 0) is 21.3 Å². The molecule has 1 aliphatic rings. The van der Waals surface area contributed by atoms with E-state index >= 15 is 0 Å². The summed E-state index contributed by atoms with van der Waals surface area (Å²) in [7, 11) is -1.28. The average Bonchev–Trinajstić information content (AvgIpc) is 2.57. The molecule has 0 spiro atoms. The lowest BCUT2D eigenvalue weighted by atomic mass is 9.97. The zero-order chi connectivity index (χ0) is 18.4. The van der Waals surface area contributed by atoms with Crippen LogP contribution in [0.2, 0.25) is 0 Å². The molecule has 0 aliphatic heterocycles. The monoisotopic (exact) mass is 373 g/mol. The molecule has 1 amide bonds. The van der Waals surface area contributed by atoms with Gasteiger partial charge in [0.25, 0.3) is 0 Å². The number of rotatable bonds is 5. The van der Waals surface area contributed by atoms with Crippen molar-refractivity contribution >= 4 is 27.7 Å². The van der Waals surface area contributed by atoms with Crippen molar-refractivity contribution in [1.29, 1.82) is 0 Å². The Hall–Kier alpha value is -1.82. The fourth-order valence-electron chi connectivity index (χ4n) is 3.48. The Morgan fingerprint density at radius 1 is 1.08 bits per heavy atom. The van der Waals surface area contributed by atoms with Gasteiger partial charge in [-0.3, -0.25) is 9.00 Å². The second kappa shape index (κ2) is 9.21. The highest BCUT2D eigenvalue weighted by Gasteiger charge is 2.17. The fourth-order valence-corrected chi connectivity index (χ4v) is 4.54. The number of fused-ring (bicyclic) bond motifs is 1. The molecule has 3 rings (SSSR count). The summed E-state index contributed by atoms with van der Waals surface area (Å²) in [5.41, 5.74) is 3.11. The molecule has 1 atom stereocenters. The summed E-state index contributed by atoms with van der Waals surface area (Å²) in [5, 5.41) is 3.08. The number of nitrogens with one attached hydrogen (secondary N) is 1. The van der Waals surface area contributed by atoms with E-state index in [1.165, 1.54) is 32.1 Å². The molecule has 1 aliphatic carbocycles. The number of benzene rings is 1. The summed E-state index contributed by atoms with van der Waals surface area (Å²) >= 11 is 0. The van der Waals surface area contributed by atoms with Crippen LogP contribution < -0.4 is 5.32 Å². The van der Waals surface area contributed by atoms with E-state index in [1.54, 1.807) is 0 Å². The Morgan fingerprint density at radius 2 is 1.69 bits per heavy atom. The Kier molecular flexibility index (Phi) is 6.72. The molecule has 140 valence electrons. The van der Waals surface area contributed by atoms with E-state index in [1.807, 2.05) is 31.2 Å². The molecule has 5 nitrogen and oxygen atoms in total. The third-order valence-corrected chi connectivity index (χ3v) is 6.08. The van der Waals surface area contributed by atoms with Gasteiger partial charge in [-0.25, -0.2) is 9.97 Å². The van der Waals surface area contributed by atoms with Crippen LogP contribution in [0, 0.1) is 6.92 Å². The Labute approximate surface area is 157 Å². The summed E-state index contributed by atoms with van der Waals surface area (Å²) in [5.74, 6) is 0.187. The van der Waals surface area contributed by atoms with E-state index in [4.69, 9.17) is 0 Å². The highest BCUT2D eigenvalue weighted by atomic mass is 32.2. The maximum atomic E-state index is 12.5. The first-order chi connectivity index (χ1) is 12.6. The van der Waals surface area contributed by atoms with Gasteiger partial charge in [-0.2, -0.15) is 0 Å². The van der Waals surface area contributed by atoms with Crippen molar-refractivity contribution in [3.8, 4) is 0 Å². The van der Waals surface area contributed by atoms with Crippen molar-refractivity contribution in [3.05, 3.63) is 35.7 Å². The summed E-state index contributed by atoms with van der Waals surface area (Å²) in [6.07, 6.45) is 8.20. The van der Waals surface area contributed by atoms with Gasteiger partial charge in [0.1, 0.15) is 5.75 Å². The van der Waals surface area contributed by atoms with E-state index in [9.17, 15) is 9.00 Å². The highest BCUT2D eigenvalue weighted by Crippen LogP contribution is 2.17. The Balaban J connectivity index is 1.56. The Morgan fingerprint density at radius 3 is 2.38 bits per heavy atom. The standard InChI is InChI=1S/C20H27N3O2S/c1-15-19(23-18-12-8-7-11-17(18)21-15)13-26(25)14-20(24)22-16-9-5-3-2-4-6-10-16/h7-8,11-12,16H,2-6,9-10,13-14H2,1H3,(H,22,24)/t26-/m1/s1. The molecule has 1 aromatic carbocycles. The topological polar surface area (TPSA) is 72.0 Å². The van der Waals surface area contributed by atoms with E-state index in [2.05, 4.69) is 15.3 Å². The number of hydrogen-bond acceptors (Lipinski definition) is 4. The first kappa shape index (κ1) is 19.0. The van der Waals surface area contributed by atoms with Crippen LogP contribution in [-0.4, -0.2) is 31.9 Å². The number of carbonyl (C=O) groups excluding carboxylic acids is 1. The summed E-state index contributed by atoms with van der Waals surface area (Å²) in [6.45, 7) is 1.88. The number of amides is 1. The molecule has 1 aromatic heterocycles. The van der Waals surface area contributed by atoms with E-state index in [0.717, 1.165) is 29.6 Å². The predicted molar refractivity (Wildman–Crippen MR) is 105 cm³/mol. The van der Waals surface area contributed by atoms with Crippen molar-refractivity contribution in [2.24, 2.45) is 0 Å². The molecular formula is C20H27N3O2S. The molecule has 0 saturated heterocycles. The maximum absolute atomic E-state index is 12.5. The number of aryl methyl sites for hydroxylation is 1. The van der Waals surface area contributed by atoms with Gasteiger partial charge in [0.15, 0.2) is 0 Å². The molecular weight excluding hydrogens is 346 g/mol. The minimum atomic E-state index is -1.28. The number of aromatic nitrogens is 2. The SMILES string of the molecule is Cc1nc2ccccc2nc1C[S@@](=O)CC(=O)NC1CCCCCCC1. The van der Waals surface area contributed by atoms with Gasteiger partial charge in [-0.1, -0.05) is 44.2 Å². The van der Waals surface area contributed by atoms with Gasteiger partial charge in [0.2, 0.25) is 5.91 Å². The largest absolute Gasteiger partial charge is 0.353 e. The molecule has 1 N–H and O–H groups in total. The zero-order valence-corrected chi connectivity index (χ0v) is 16.2. The quantitative estimate of drug-likeness (QED) is 0.872. The molecule has 6 heteroatoms. The molecule has 2 aromatic rings. The molecule has 1 fully saturated rings. The van der Waals surface area contributed by atoms with Gasteiger partial charge < -0.3 is 5.32 Å². The molecule has 0 bridgehead atoms. The van der Waals surface area contributed by atoms with Crippen LogP contribution in [0.5, 0.6) is 0 Å². The lowest BCUT2D eigenvalue weighted by molar-refractivity contribution is -0.119. The maximum Gasteiger partial charge on any atom is 0.232 e. The minimum Gasteiger partial charge on any atom is -0.353 e. The van der Waals surface area contributed by atoms with Crippen molar-refractivity contribution < 1.29 is 9.00 Å². The second-order valence-electron chi connectivity index (χ2n) is 7.08. The summed E-state index contributed by atoms with van der Waals surface area (Å²) in [4.78, 5) is 21.4. The first-order valence-electron chi connectivity index (χ1n) is 9.48. The molecule has 0 radical (unpaired) electrons. The number of hydrogen-bond donors (Lipinski definition) is 1. The van der Waals surface area contributed by atoms with Crippen molar-refractivity contribution in [2.45, 2.75) is 63.7 Å². The summed E-state index contributed by atoms with van der Waals surface area (Å²) in [6, 6.07) is 7.89. The predicted octanol–water partition coefficient (Wildman–Crippen LogP) is 3.42. The van der Waals surface area contributed by atoms with Gasteiger partial charge in [-0.15, -0.1) is 0 Å².